The Kier molecular flexibility index (Phi) is 6.77. The molecule has 0 spiro atoms. The number of nitrogens with zero attached hydrogens (tertiary/aromatic N) is 2. The Morgan fingerprint density at radius 3 is 2.78 bits per heavy atom. The minimum absolute atomic E-state index is 0.0509. The number of rotatable bonds is 3. The topological polar surface area (TPSA) is 148 Å². The Balaban J connectivity index is 0.000000208. The van der Waals surface area contributed by atoms with E-state index in [9.17, 15) is 19.1 Å². The van der Waals surface area contributed by atoms with Crippen LogP contribution in [-0.2, 0) is 4.74 Å². The van der Waals surface area contributed by atoms with Gasteiger partial charge in [-0.3, -0.25) is 4.57 Å². The maximum Gasteiger partial charge on any atom is 0.351 e. The van der Waals surface area contributed by atoms with Crippen molar-refractivity contribution >= 4 is 23.5 Å². The van der Waals surface area contributed by atoms with Crippen LogP contribution < -0.4 is 11.4 Å². The summed E-state index contributed by atoms with van der Waals surface area (Å²) in [5.74, 6) is -1.99. The number of benzene rings is 1. The summed E-state index contributed by atoms with van der Waals surface area (Å²) >= 11 is 1.35. The number of aliphatic hydroxyl groups excluding tert-OH is 1. The molecule has 2 atom stereocenters. The van der Waals surface area contributed by atoms with E-state index >= 15 is 0 Å². The second-order valence-corrected chi connectivity index (χ2v) is 6.67. The number of nitrogens with two attached hydrogens (primary N) is 1. The molecular formula is C16H18FN3O6S. The fourth-order valence-electron chi connectivity index (χ4n) is 2.18. The van der Waals surface area contributed by atoms with Crippen LogP contribution in [-0.4, -0.2) is 48.6 Å². The second-order valence-electron chi connectivity index (χ2n) is 5.48. The first-order valence-electron chi connectivity index (χ1n) is 7.68. The molecular weight excluding hydrogens is 381 g/mol. The number of para-hydroxylation sites is 1. The molecule has 1 aromatic carbocycles. The Morgan fingerprint density at radius 1 is 1.52 bits per heavy atom. The summed E-state index contributed by atoms with van der Waals surface area (Å²) < 4.78 is 19.5. The lowest BCUT2D eigenvalue weighted by atomic mass is 10.1. The van der Waals surface area contributed by atoms with Gasteiger partial charge in [0.15, 0.2) is 11.6 Å². The molecule has 0 amide bonds. The SMILES string of the molecule is Cc1cccc(C(=O)O)c1O.Nc1nc(=O)n([C@@H]2CS[C@H](CO)O2)cc1F. The molecule has 0 bridgehead atoms. The lowest BCUT2D eigenvalue weighted by Gasteiger charge is -2.13. The lowest BCUT2D eigenvalue weighted by molar-refractivity contribution is -0.00677. The first-order chi connectivity index (χ1) is 12.7. The third-order valence-electron chi connectivity index (χ3n) is 3.60. The molecule has 3 rings (SSSR count). The van der Waals surface area contributed by atoms with Crippen molar-refractivity contribution in [2.45, 2.75) is 18.6 Å². The van der Waals surface area contributed by atoms with Crippen molar-refractivity contribution in [1.29, 1.82) is 0 Å². The monoisotopic (exact) mass is 399 g/mol. The normalized spacial score (nSPS) is 18.6. The number of aliphatic hydroxyl groups is 1. The number of anilines is 1. The third kappa shape index (κ3) is 4.96. The molecule has 0 radical (unpaired) electrons. The number of aromatic nitrogens is 2. The fourth-order valence-corrected chi connectivity index (χ4v) is 3.11. The fraction of sp³-hybridized carbons (Fsp3) is 0.312. The third-order valence-corrected chi connectivity index (χ3v) is 4.70. The van der Waals surface area contributed by atoms with Gasteiger partial charge in [-0.15, -0.1) is 11.8 Å². The van der Waals surface area contributed by atoms with Gasteiger partial charge in [0.25, 0.3) is 0 Å². The van der Waals surface area contributed by atoms with Crippen LogP contribution in [0.25, 0.3) is 0 Å². The highest BCUT2D eigenvalue weighted by Gasteiger charge is 2.28. The van der Waals surface area contributed by atoms with E-state index < -0.39 is 35.0 Å². The number of carbonyl (C=O) groups is 1. The average Bonchev–Trinajstić information content (AvgIpc) is 3.09. The number of thioether (sulfide) groups is 1. The zero-order valence-electron chi connectivity index (χ0n) is 14.2. The quantitative estimate of drug-likeness (QED) is 0.592. The van der Waals surface area contributed by atoms with Gasteiger partial charge in [0.05, 0.1) is 12.8 Å². The molecule has 1 aliphatic heterocycles. The van der Waals surface area contributed by atoms with Gasteiger partial charge >= 0.3 is 11.7 Å². The van der Waals surface area contributed by atoms with Crippen LogP contribution in [0.15, 0.2) is 29.2 Å². The van der Waals surface area contributed by atoms with Crippen molar-refractivity contribution in [3.05, 3.63) is 51.8 Å². The number of halogens is 1. The Hall–Kier alpha value is -2.63. The van der Waals surface area contributed by atoms with Crippen LogP contribution >= 0.6 is 11.8 Å². The summed E-state index contributed by atoms with van der Waals surface area (Å²) in [4.78, 5) is 25.2. The summed E-state index contributed by atoms with van der Waals surface area (Å²) in [6.07, 6.45) is 0.354. The predicted molar refractivity (Wildman–Crippen MR) is 96.1 cm³/mol. The smallest absolute Gasteiger partial charge is 0.351 e. The Labute approximate surface area is 157 Å². The van der Waals surface area contributed by atoms with Crippen molar-refractivity contribution in [3.63, 3.8) is 0 Å². The number of carboxylic acids is 1. The molecule has 9 nitrogen and oxygen atoms in total. The highest BCUT2D eigenvalue weighted by atomic mass is 32.2. The van der Waals surface area contributed by atoms with E-state index in [4.69, 9.17) is 20.7 Å². The van der Waals surface area contributed by atoms with E-state index in [1.807, 2.05) is 0 Å². The number of aromatic carboxylic acids is 1. The van der Waals surface area contributed by atoms with Gasteiger partial charge in [-0.2, -0.15) is 4.98 Å². The number of nitrogen functional groups attached to an aromatic ring is 1. The second kappa shape index (κ2) is 8.84. The number of hydrogen-bond acceptors (Lipinski definition) is 8. The number of ether oxygens (including phenoxy) is 1. The van der Waals surface area contributed by atoms with Gasteiger partial charge in [-0.25, -0.2) is 14.0 Å². The summed E-state index contributed by atoms with van der Waals surface area (Å²) in [6, 6.07) is 4.62. The molecule has 0 aliphatic carbocycles. The molecule has 1 saturated heterocycles. The maximum absolute atomic E-state index is 13.1. The summed E-state index contributed by atoms with van der Waals surface area (Å²) in [6.45, 7) is 1.50. The van der Waals surface area contributed by atoms with Crippen molar-refractivity contribution in [2.24, 2.45) is 0 Å². The molecule has 5 N–H and O–H groups in total. The van der Waals surface area contributed by atoms with E-state index in [2.05, 4.69) is 4.98 Å². The van der Waals surface area contributed by atoms with Gasteiger partial charge in [0.1, 0.15) is 23.0 Å². The van der Waals surface area contributed by atoms with Crippen LogP contribution in [0.2, 0.25) is 0 Å². The van der Waals surface area contributed by atoms with Crippen molar-refractivity contribution < 1.29 is 29.2 Å². The number of carboxylic acid groups (broad SMARTS) is 1. The highest BCUT2D eigenvalue weighted by Crippen LogP contribution is 2.30. The number of aryl methyl sites for hydroxylation is 1. The van der Waals surface area contributed by atoms with Gasteiger partial charge in [-0.1, -0.05) is 12.1 Å². The van der Waals surface area contributed by atoms with Crippen LogP contribution in [0.1, 0.15) is 22.1 Å². The molecule has 0 unspecified atom stereocenters. The van der Waals surface area contributed by atoms with Crippen molar-refractivity contribution in [1.82, 2.24) is 9.55 Å². The Morgan fingerprint density at radius 2 is 2.22 bits per heavy atom. The molecule has 1 aromatic heterocycles. The average molecular weight is 399 g/mol. The van der Waals surface area contributed by atoms with Crippen LogP contribution in [0, 0.1) is 12.7 Å². The van der Waals surface area contributed by atoms with Crippen LogP contribution in [0.3, 0.4) is 0 Å². The van der Waals surface area contributed by atoms with E-state index in [0.29, 0.717) is 11.3 Å². The lowest BCUT2D eigenvalue weighted by Crippen LogP contribution is -2.29. The van der Waals surface area contributed by atoms with E-state index in [0.717, 1.165) is 10.8 Å². The molecule has 11 heteroatoms. The van der Waals surface area contributed by atoms with Crippen molar-refractivity contribution in [3.8, 4) is 5.75 Å². The zero-order valence-corrected chi connectivity index (χ0v) is 15.0. The molecule has 1 aliphatic rings. The maximum atomic E-state index is 13.1. The minimum Gasteiger partial charge on any atom is -0.507 e. The number of hydrogen-bond donors (Lipinski definition) is 4. The summed E-state index contributed by atoms with van der Waals surface area (Å²) in [7, 11) is 0. The molecule has 27 heavy (non-hydrogen) atoms. The molecule has 2 aromatic rings. The summed E-state index contributed by atoms with van der Waals surface area (Å²) in [5.41, 5.74) is 4.62. The first-order valence-corrected chi connectivity index (χ1v) is 8.73. The first kappa shape index (κ1) is 20.7. The van der Waals surface area contributed by atoms with Gasteiger partial charge in [0.2, 0.25) is 0 Å². The van der Waals surface area contributed by atoms with E-state index in [1.165, 1.54) is 17.8 Å². The summed E-state index contributed by atoms with van der Waals surface area (Å²) in [5, 5.41) is 26.6. The molecule has 0 saturated carbocycles. The van der Waals surface area contributed by atoms with Crippen LogP contribution in [0.4, 0.5) is 10.2 Å². The number of phenols is 1. The van der Waals surface area contributed by atoms with Gasteiger partial charge in [-0.05, 0) is 18.6 Å². The van der Waals surface area contributed by atoms with Crippen molar-refractivity contribution in [2.75, 3.05) is 18.1 Å². The van der Waals surface area contributed by atoms with E-state index in [1.54, 1.807) is 19.1 Å². The molecule has 1 fully saturated rings. The van der Waals surface area contributed by atoms with Gasteiger partial charge < -0.3 is 25.8 Å². The Bertz CT molecular complexity index is 891. The predicted octanol–water partition coefficient (Wildman–Crippen LogP) is 0.944. The van der Waals surface area contributed by atoms with Gasteiger partial charge in [0, 0.05) is 5.75 Å². The zero-order chi connectivity index (χ0) is 20.1. The highest BCUT2D eigenvalue weighted by molar-refractivity contribution is 8.00. The molecule has 146 valence electrons. The largest absolute Gasteiger partial charge is 0.507 e. The standard InChI is InChI=1S/C8H10FN3O3S.C8H8O3/c9-4-1-12(8(14)11-7(4)10)5-3-16-6(2-13)15-5;1-5-3-2-4-6(7(5)9)8(10)11/h1,5-6,13H,2-3H2,(H2,10,11,14);2-4,9H,1H3,(H,10,11)/t5-,6+;/m0./s1. The van der Waals surface area contributed by atoms with E-state index in [-0.39, 0.29) is 17.9 Å². The number of aromatic hydroxyl groups is 1. The minimum atomic E-state index is -1.11. The van der Waals surface area contributed by atoms with Crippen LogP contribution in [0.5, 0.6) is 5.75 Å². The molecule has 2 heterocycles.